The third kappa shape index (κ3) is 3.10. The summed E-state index contributed by atoms with van der Waals surface area (Å²) >= 11 is 0. The molecule has 0 unspecified atom stereocenters. The van der Waals surface area contributed by atoms with E-state index < -0.39 is 0 Å². The topological polar surface area (TPSA) is 58.1 Å². The van der Waals surface area contributed by atoms with Crippen molar-refractivity contribution < 1.29 is 19.2 Å². The molecule has 1 amide bonds. The van der Waals surface area contributed by atoms with Crippen molar-refractivity contribution in [3.05, 3.63) is 66.1 Å². The van der Waals surface area contributed by atoms with E-state index >= 15 is 0 Å². The van der Waals surface area contributed by atoms with Gasteiger partial charge in [0.2, 0.25) is 0 Å². The van der Waals surface area contributed by atoms with Crippen LogP contribution in [0.1, 0.15) is 16.1 Å². The zero-order valence-corrected chi connectivity index (χ0v) is 13.9. The molecule has 0 bridgehead atoms. The Labute approximate surface area is 146 Å². The molecule has 0 spiro atoms. The minimum Gasteiger partial charge on any atom is -0.507 e. The Morgan fingerprint density at radius 1 is 1.08 bits per heavy atom. The van der Waals surface area contributed by atoms with Crippen LogP contribution in [0.4, 0.5) is 0 Å². The summed E-state index contributed by atoms with van der Waals surface area (Å²) in [7, 11) is 0. The number of hydrogen-bond acceptors (Lipinski definition) is 3. The molecule has 5 nitrogen and oxygen atoms in total. The van der Waals surface area contributed by atoms with E-state index in [4.69, 9.17) is 4.42 Å². The molecule has 0 saturated carbocycles. The van der Waals surface area contributed by atoms with Crippen molar-refractivity contribution in [1.29, 1.82) is 0 Å². The maximum absolute atomic E-state index is 12.3. The van der Waals surface area contributed by atoms with Crippen LogP contribution in [0.15, 0.2) is 59.2 Å². The van der Waals surface area contributed by atoms with E-state index in [1.54, 1.807) is 18.2 Å². The Kier molecular flexibility index (Phi) is 4.15. The Morgan fingerprint density at radius 3 is 2.64 bits per heavy atom. The molecule has 0 atom stereocenters. The second kappa shape index (κ2) is 6.61. The van der Waals surface area contributed by atoms with Gasteiger partial charge in [-0.15, -0.1) is 0 Å². The molecule has 3 aromatic rings. The highest BCUT2D eigenvalue weighted by atomic mass is 16.3. The van der Waals surface area contributed by atoms with Gasteiger partial charge in [-0.1, -0.05) is 30.3 Å². The van der Waals surface area contributed by atoms with Gasteiger partial charge in [0.15, 0.2) is 5.76 Å². The number of furan rings is 1. The molecule has 2 heterocycles. The fraction of sp³-hybridized carbons (Fsp3) is 0.250. The Balaban J connectivity index is 1.46. The number of phenolic OH excluding ortho intramolecular Hbond substituents is 1. The molecule has 2 aromatic carbocycles. The van der Waals surface area contributed by atoms with Gasteiger partial charge >= 0.3 is 0 Å². The smallest absolute Gasteiger partial charge is 0.289 e. The summed E-state index contributed by atoms with van der Waals surface area (Å²) in [6.45, 7) is 3.86. The normalized spacial score (nSPS) is 15.6. The zero-order valence-electron chi connectivity index (χ0n) is 13.9. The van der Waals surface area contributed by atoms with Crippen LogP contribution in [0.25, 0.3) is 10.8 Å². The molecule has 1 aliphatic rings. The number of hydrogen-bond donors (Lipinski definition) is 2. The third-order valence-corrected chi connectivity index (χ3v) is 4.93. The van der Waals surface area contributed by atoms with Gasteiger partial charge in [0.05, 0.1) is 38.0 Å². The molecule has 0 radical (unpaired) electrons. The van der Waals surface area contributed by atoms with Crippen LogP contribution in [0.5, 0.6) is 5.75 Å². The first kappa shape index (κ1) is 15.7. The number of nitrogens with one attached hydrogen (secondary N) is 1. The third-order valence-electron chi connectivity index (χ3n) is 4.93. The van der Waals surface area contributed by atoms with Gasteiger partial charge in [-0.25, -0.2) is 0 Å². The molecular weight excluding hydrogens is 316 g/mol. The summed E-state index contributed by atoms with van der Waals surface area (Å²) in [6.07, 6.45) is 1.53. The van der Waals surface area contributed by atoms with Crippen LogP contribution >= 0.6 is 0 Å². The molecule has 128 valence electrons. The molecule has 1 saturated heterocycles. The largest absolute Gasteiger partial charge is 0.507 e. The van der Waals surface area contributed by atoms with Gasteiger partial charge in [-0.05, 0) is 29.0 Å². The maximum Gasteiger partial charge on any atom is 0.289 e. The van der Waals surface area contributed by atoms with E-state index in [1.807, 2.05) is 23.1 Å². The highest BCUT2D eigenvalue weighted by Crippen LogP contribution is 2.26. The zero-order chi connectivity index (χ0) is 17.2. The minimum atomic E-state index is -0.0444. The van der Waals surface area contributed by atoms with Crippen LogP contribution in [0.2, 0.25) is 0 Å². The van der Waals surface area contributed by atoms with E-state index in [9.17, 15) is 9.90 Å². The minimum absolute atomic E-state index is 0.0444. The first-order chi connectivity index (χ1) is 12.2. The van der Waals surface area contributed by atoms with Gasteiger partial charge < -0.3 is 19.3 Å². The number of carbonyl (C=O) groups excluding carboxylic acids is 1. The number of amides is 1. The number of phenols is 1. The number of nitrogens with zero attached hydrogens (tertiary/aromatic N) is 1. The lowest BCUT2D eigenvalue weighted by Crippen LogP contribution is -3.13. The highest BCUT2D eigenvalue weighted by molar-refractivity contribution is 5.91. The number of piperazine rings is 1. The van der Waals surface area contributed by atoms with Crippen LogP contribution in [0, 0.1) is 0 Å². The lowest BCUT2D eigenvalue weighted by atomic mass is 10.0. The molecule has 1 aliphatic heterocycles. The van der Waals surface area contributed by atoms with Crippen molar-refractivity contribution in [3.63, 3.8) is 0 Å². The molecule has 1 fully saturated rings. The van der Waals surface area contributed by atoms with Crippen LogP contribution in [-0.2, 0) is 6.54 Å². The average Bonchev–Trinajstić information content (AvgIpc) is 3.19. The first-order valence-corrected chi connectivity index (χ1v) is 8.58. The van der Waals surface area contributed by atoms with Gasteiger partial charge in [-0.3, -0.25) is 4.79 Å². The average molecular weight is 337 g/mol. The molecular formula is C20H21N2O3+. The van der Waals surface area contributed by atoms with E-state index in [2.05, 4.69) is 12.1 Å². The molecule has 2 N–H and O–H groups in total. The number of benzene rings is 2. The van der Waals surface area contributed by atoms with E-state index in [1.165, 1.54) is 11.2 Å². The molecule has 0 aliphatic carbocycles. The summed E-state index contributed by atoms with van der Waals surface area (Å²) in [4.78, 5) is 15.5. The van der Waals surface area contributed by atoms with Gasteiger partial charge in [0, 0.05) is 0 Å². The number of aromatic hydroxyl groups is 1. The SMILES string of the molecule is O=C(c1ccco1)N1CC[NH+](Cc2c(O)ccc3ccccc23)CC1. The van der Waals surface area contributed by atoms with Crippen LogP contribution < -0.4 is 4.90 Å². The second-order valence-electron chi connectivity index (χ2n) is 6.48. The molecule has 5 heteroatoms. The summed E-state index contributed by atoms with van der Waals surface area (Å²) < 4.78 is 5.20. The quantitative estimate of drug-likeness (QED) is 0.764. The van der Waals surface area contributed by atoms with Gasteiger partial charge in [-0.2, -0.15) is 0 Å². The van der Waals surface area contributed by atoms with Crippen molar-refractivity contribution in [2.75, 3.05) is 26.2 Å². The summed E-state index contributed by atoms with van der Waals surface area (Å²) in [5.41, 5.74) is 0.985. The van der Waals surface area contributed by atoms with Crippen molar-refractivity contribution in [3.8, 4) is 5.75 Å². The molecule has 1 aromatic heterocycles. The standard InChI is InChI=1S/C20H20N2O3/c23-18-8-7-15-4-1-2-5-16(15)17(18)14-21-9-11-22(12-10-21)20(24)19-6-3-13-25-19/h1-8,13,23H,9-12,14H2/p+1. The Hall–Kier alpha value is -2.79. The Morgan fingerprint density at radius 2 is 1.88 bits per heavy atom. The summed E-state index contributed by atoms with van der Waals surface area (Å²) in [5, 5.41) is 12.6. The summed E-state index contributed by atoms with van der Waals surface area (Å²) in [6, 6.07) is 15.3. The van der Waals surface area contributed by atoms with Crippen molar-refractivity contribution in [2.24, 2.45) is 0 Å². The maximum atomic E-state index is 12.3. The molecule has 25 heavy (non-hydrogen) atoms. The lowest BCUT2D eigenvalue weighted by Gasteiger charge is -2.32. The van der Waals surface area contributed by atoms with Crippen molar-refractivity contribution in [2.45, 2.75) is 6.54 Å². The van der Waals surface area contributed by atoms with E-state index in [0.717, 1.165) is 36.0 Å². The first-order valence-electron chi connectivity index (χ1n) is 8.58. The fourth-order valence-corrected chi connectivity index (χ4v) is 3.52. The lowest BCUT2D eigenvalue weighted by molar-refractivity contribution is -0.917. The van der Waals surface area contributed by atoms with Gasteiger partial charge in [0.25, 0.3) is 5.91 Å². The second-order valence-corrected chi connectivity index (χ2v) is 6.48. The number of fused-ring (bicyclic) bond motifs is 1. The van der Waals surface area contributed by atoms with E-state index in [-0.39, 0.29) is 5.91 Å². The summed E-state index contributed by atoms with van der Waals surface area (Å²) in [5.74, 6) is 0.701. The fourth-order valence-electron chi connectivity index (χ4n) is 3.52. The van der Waals surface area contributed by atoms with Crippen LogP contribution in [-0.4, -0.2) is 42.1 Å². The van der Waals surface area contributed by atoms with E-state index in [0.29, 0.717) is 24.6 Å². The monoisotopic (exact) mass is 337 g/mol. The van der Waals surface area contributed by atoms with Gasteiger partial charge in [0.1, 0.15) is 12.3 Å². The predicted molar refractivity (Wildman–Crippen MR) is 94.6 cm³/mol. The highest BCUT2D eigenvalue weighted by Gasteiger charge is 2.26. The van der Waals surface area contributed by atoms with Crippen molar-refractivity contribution in [1.82, 2.24) is 4.90 Å². The number of rotatable bonds is 3. The predicted octanol–water partition coefficient (Wildman–Crippen LogP) is 1.68. The Bertz CT molecular complexity index is 881. The van der Waals surface area contributed by atoms with Crippen LogP contribution in [0.3, 0.4) is 0 Å². The number of quaternary nitrogens is 1. The molecule has 4 rings (SSSR count). The number of carbonyl (C=O) groups is 1. The van der Waals surface area contributed by atoms with Crippen molar-refractivity contribution >= 4 is 16.7 Å².